The Balaban J connectivity index is 2.42. The summed E-state index contributed by atoms with van der Waals surface area (Å²) >= 11 is 1.86. The Morgan fingerprint density at radius 3 is 3.21 bits per heavy atom. The van der Waals surface area contributed by atoms with Gasteiger partial charge in [-0.15, -0.1) is 0 Å². The van der Waals surface area contributed by atoms with Crippen molar-refractivity contribution in [2.45, 2.75) is 12.6 Å². The number of nitrogen functional groups attached to an aromatic ring is 1. The lowest BCUT2D eigenvalue weighted by atomic mass is 10.2. The summed E-state index contributed by atoms with van der Waals surface area (Å²) in [6.45, 7) is 3.25. The van der Waals surface area contributed by atoms with E-state index in [9.17, 15) is 0 Å². The van der Waals surface area contributed by atoms with E-state index in [1.165, 1.54) is 12.0 Å². The number of hydrogen-bond donors (Lipinski definition) is 1. The molecule has 0 unspecified atom stereocenters. The Hall–Kier alpha value is -1.17. The van der Waals surface area contributed by atoms with Gasteiger partial charge >= 0.3 is 0 Å². The second-order valence-electron chi connectivity index (χ2n) is 2.90. The van der Waals surface area contributed by atoms with Gasteiger partial charge in [-0.25, -0.2) is 21.1 Å². The van der Waals surface area contributed by atoms with Crippen molar-refractivity contribution >= 4 is 29.5 Å². The molecule has 0 atom stereocenters. The number of nitrogens with two attached hydrogens (primary N) is 1. The number of nitrogens with zero attached hydrogens (tertiary/aromatic N) is 3. The van der Waals surface area contributed by atoms with E-state index >= 15 is 0 Å². The van der Waals surface area contributed by atoms with E-state index in [0.29, 0.717) is 5.82 Å². The van der Waals surface area contributed by atoms with Crippen LogP contribution in [-0.4, -0.2) is 21.2 Å². The predicted molar refractivity (Wildman–Crippen MR) is 61.7 cm³/mol. The van der Waals surface area contributed by atoms with Gasteiger partial charge in [-0.2, -0.15) is 5.10 Å². The summed E-state index contributed by atoms with van der Waals surface area (Å²) < 4.78 is 1.85. The predicted octanol–water partition coefficient (Wildman–Crippen LogP) is 0.944. The van der Waals surface area contributed by atoms with Crippen LogP contribution in [0.1, 0.15) is 5.69 Å². The first-order valence-corrected chi connectivity index (χ1v) is 5.63. The summed E-state index contributed by atoms with van der Waals surface area (Å²) in [7, 11) is 0. The highest BCUT2D eigenvalue weighted by Crippen LogP contribution is 2.16. The molecule has 14 heavy (non-hydrogen) atoms. The molecule has 2 heterocycles. The van der Waals surface area contributed by atoms with Crippen molar-refractivity contribution in [2.24, 2.45) is 0 Å². The first-order chi connectivity index (χ1) is 6.83. The van der Waals surface area contributed by atoms with Gasteiger partial charge in [-0.1, -0.05) is 6.82 Å². The van der Waals surface area contributed by atoms with Crippen LogP contribution in [0.25, 0.3) is 5.52 Å². The van der Waals surface area contributed by atoms with Crippen molar-refractivity contribution in [3.05, 3.63) is 24.2 Å². The lowest BCUT2D eigenvalue weighted by molar-refractivity contribution is 0.870. The maximum atomic E-state index is 5.72. The largest absolute Gasteiger partial charge is 0.382 e. The summed E-state index contributed by atoms with van der Waals surface area (Å²) in [6.07, 6.45) is 1.49. The molecule has 2 aromatic heterocycles. The van der Waals surface area contributed by atoms with Crippen molar-refractivity contribution < 1.29 is 0 Å². The highest BCUT2D eigenvalue weighted by atomic mass is 32.2. The van der Waals surface area contributed by atoms with Gasteiger partial charge in [0.2, 0.25) is 0 Å². The maximum absolute atomic E-state index is 5.72. The van der Waals surface area contributed by atoms with Gasteiger partial charge in [0.1, 0.15) is 11.8 Å². The van der Waals surface area contributed by atoms with Crippen molar-refractivity contribution in [1.82, 2.24) is 14.6 Å². The SMILES string of the molecule is CBSCc1ccc2c(N)ncnn12. The molecule has 0 aliphatic carbocycles. The topological polar surface area (TPSA) is 56.2 Å². The van der Waals surface area contributed by atoms with Crippen LogP contribution in [0.4, 0.5) is 5.82 Å². The smallest absolute Gasteiger partial charge is 0.189 e. The quantitative estimate of drug-likeness (QED) is 0.759. The van der Waals surface area contributed by atoms with Crippen LogP contribution >= 0.6 is 11.6 Å². The molecule has 0 bridgehead atoms. The Morgan fingerprint density at radius 1 is 1.57 bits per heavy atom. The lowest BCUT2D eigenvalue weighted by Crippen LogP contribution is -2.01. The zero-order chi connectivity index (χ0) is 9.97. The molecule has 0 saturated heterocycles. The van der Waals surface area contributed by atoms with Crippen molar-refractivity contribution in [1.29, 1.82) is 0 Å². The van der Waals surface area contributed by atoms with Gasteiger partial charge in [0, 0.05) is 5.75 Å². The van der Waals surface area contributed by atoms with Gasteiger partial charge in [-0.05, 0) is 12.1 Å². The molecular weight excluding hydrogens is 195 g/mol. The summed E-state index contributed by atoms with van der Waals surface area (Å²) in [5.41, 5.74) is 7.78. The van der Waals surface area contributed by atoms with E-state index in [1.807, 2.05) is 28.3 Å². The third kappa shape index (κ3) is 1.57. The van der Waals surface area contributed by atoms with Gasteiger partial charge in [-0.3, -0.25) is 0 Å². The average molecular weight is 206 g/mol. The van der Waals surface area contributed by atoms with E-state index in [1.54, 1.807) is 0 Å². The van der Waals surface area contributed by atoms with E-state index < -0.39 is 0 Å². The van der Waals surface area contributed by atoms with E-state index in [2.05, 4.69) is 16.9 Å². The van der Waals surface area contributed by atoms with Crippen molar-refractivity contribution in [3.8, 4) is 0 Å². The molecule has 4 nitrogen and oxygen atoms in total. The molecule has 0 spiro atoms. The average Bonchev–Trinajstić information content (AvgIpc) is 2.60. The molecule has 0 amide bonds. The van der Waals surface area contributed by atoms with Crippen LogP contribution < -0.4 is 5.73 Å². The van der Waals surface area contributed by atoms with Gasteiger partial charge in [0.05, 0.1) is 5.69 Å². The molecule has 0 radical (unpaired) electrons. The molecular formula is C8H11BN4S. The molecule has 0 aliphatic rings. The third-order valence-corrected chi connectivity index (χ3v) is 2.92. The van der Waals surface area contributed by atoms with Crippen LogP contribution in [0, 0.1) is 0 Å². The lowest BCUT2D eigenvalue weighted by Gasteiger charge is -2.00. The fourth-order valence-corrected chi connectivity index (χ4v) is 1.95. The zero-order valence-electron chi connectivity index (χ0n) is 7.97. The van der Waals surface area contributed by atoms with E-state index in [0.717, 1.165) is 17.8 Å². The Labute approximate surface area is 87.0 Å². The molecule has 0 aliphatic heterocycles. The minimum atomic E-state index is 0.535. The molecule has 0 saturated carbocycles. The van der Waals surface area contributed by atoms with Crippen LogP contribution in [0.3, 0.4) is 0 Å². The number of hydrogen-bond acceptors (Lipinski definition) is 4. The molecule has 2 aromatic rings. The Morgan fingerprint density at radius 2 is 2.43 bits per heavy atom. The molecule has 2 N–H and O–H groups in total. The Bertz CT molecular complexity index is 442. The van der Waals surface area contributed by atoms with Crippen molar-refractivity contribution in [3.63, 3.8) is 0 Å². The minimum Gasteiger partial charge on any atom is -0.382 e. The normalized spacial score (nSPS) is 10.6. The van der Waals surface area contributed by atoms with Gasteiger partial charge < -0.3 is 5.73 Å². The summed E-state index contributed by atoms with van der Waals surface area (Å²) in [6, 6.07) is 4.00. The summed E-state index contributed by atoms with van der Waals surface area (Å²) in [4.78, 5) is 3.94. The molecule has 0 aromatic carbocycles. The minimum absolute atomic E-state index is 0.535. The molecule has 6 heteroatoms. The van der Waals surface area contributed by atoms with Crippen LogP contribution in [0.15, 0.2) is 18.5 Å². The number of aromatic nitrogens is 3. The van der Waals surface area contributed by atoms with Crippen LogP contribution in [0.5, 0.6) is 0 Å². The van der Waals surface area contributed by atoms with E-state index in [4.69, 9.17) is 5.73 Å². The number of anilines is 1. The molecule has 72 valence electrons. The first kappa shape index (κ1) is 9.39. The highest BCUT2D eigenvalue weighted by molar-refractivity contribution is 8.21. The van der Waals surface area contributed by atoms with Gasteiger partial charge in [0.15, 0.2) is 12.4 Å². The Kier molecular flexibility index (Phi) is 2.63. The number of rotatable bonds is 3. The second kappa shape index (κ2) is 3.92. The van der Waals surface area contributed by atoms with Gasteiger partial charge in [0.25, 0.3) is 0 Å². The van der Waals surface area contributed by atoms with Crippen LogP contribution in [-0.2, 0) is 5.75 Å². The monoisotopic (exact) mass is 206 g/mol. The first-order valence-electron chi connectivity index (χ1n) is 4.47. The standard InChI is InChI=1S/C8H11BN4S/c1-9-14-4-6-2-3-7-8(10)11-5-12-13(6)7/h2-3,5,9H,4H2,1H3,(H2,10,11,12). The summed E-state index contributed by atoms with van der Waals surface area (Å²) in [5, 5.41) is 4.17. The van der Waals surface area contributed by atoms with E-state index in [-0.39, 0.29) is 0 Å². The summed E-state index contributed by atoms with van der Waals surface area (Å²) in [5.74, 6) is 1.49. The molecule has 0 fully saturated rings. The van der Waals surface area contributed by atoms with Crippen molar-refractivity contribution in [2.75, 3.05) is 5.73 Å². The zero-order valence-corrected chi connectivity index (χ0v) is 8.79. The maximum Gasteiger partial charge on any atom is 0.189 e. The third-order valence-electron chi connectivity index (χ3n) is 2.01. The fraction of sp³-hybridized carbons (Fsp3) is 0.250. The second-order valence-corrected chi connectivity index (χ2v) is 4.18. The number of fused-ring (bicyclic) bond motifs is 1. The highest BCUT2D eigenvalue weighted by Gasteiger charge is 2.04. The molecule has 2 rings (SSSR count). The fourth-order valence-electron chi connectivity index (χ4n) is 1.32. The van der Waals surface area contributed by atoms with Crippen LogP contribution in [0.2, 0.25) is 6.82 Å².